The molecule has 0 radical (unpaired) electrons. The summed E-state index contributed by atoms with van der Waals surface area (Å²) >= 11 is 2.73. The van der Waals surface area contributed by atoms with Gasteiger partial charge < -0.3 is 14.3 Å². The van der Waals surface area contributed by atoms with Crippen LogP contribution in [0.2, 0.25) is 0 Å². The molecule has 0 aliphatic carbocycles. The van der Waals surface area contributed by atoms with Crippen molar-refractivity contribution in [1.29, 1.82) is 0 Å². The number of ether oxygens (including phenoxy) is 1. The van der Waals surface area contributed by atoms with Crippen molar-refractivity contribution in [2.45, 2.75) is 36.9 Å². The molecule has 1 N–H and O–H groups in total. The van der Waals surface area contributed by atoms with Crippen LogP contribution in [-0.2, 0) is 10.5 Å². The van der Waals surface area contributed by atoms with E-state index in [-0.39, 0.29) is 16.5 Å². The normalized spacial score (nSPS) is 15.4. The molecule has 0 fully saturated rings. The Morgan fingerprint density at radius 3 is 2.63 bits per heavy atom. The van der Waals surface area contributed by atoms with Crippen LogP contribution < -0.4 is 9.64 Å². The van der Waals surface area contributed by atoms with Crippen molar-refractivity contribution in [3.05, 3.63) is 100 Å². The second-order valence-electron chi connectivity index (χ2n) is 8.71. The van der Waals surface area contributed by atoms with E-state index in [1.807, 2.05) is 13.8 Å². The fourth-order valence-electron chi connectivity index (χ4n) is 4.17. The number of ketones is 1. The van der Waals surface area contributed by atoms with E-state index in [0.717, 1.165) is 5.56 Å². The second-order valence-corrected chi connectivity index (χ2v) is 10.9. The van der Waals surface area contributed by atoms with Gasteiger partial charge in [0.15, 0.2) is 15.9 Å². The molecule has 3 heterocycles. The van der Waals surface area contributed by atoms with E-state index < -0.39 is 23.5 Å². The van der Waals surface area contributed by atoms with Crippen LogP contribution >= 0.6 is 23.1 Å². The highest BCUT2D eigenvalue weighted by Crippen LogP contribution is 2.44. The predicted molar refractivity (Wildman–Crippen MR) is 146 cm³/mol. The van der Waals surface area contributed by atoms with Crippen molar-refractivity contribution in [3.8, 4) is 5.75 Å². The van der Waals surface area contributed by atoms with E-state index in [2.05, 4.69) is 34.5 Å². The molecule has 2 aromatic heterocycles. The van der Waals surface area contributed by atoms with E-state index in [1.54, 1.807) is 37.3 Å². The Morgan fingerprint density at radius 1 is 1.13 bits per heavy atom. The fourth-order valence-corrected chi connectivity index (χ4v) is 5.99. The Kier molecular flexibility index (Phi) is 7.35. The summed E-state index contributed by atoms with van der Waals surface area (Å²) in [6, 6.07) is 17.6. The molecule has 10 heteroatoms. The number of hydrogen-bond donors (Lipinski definition) is 1. The third-order valence-electron chi connectivity index (χ3n) is 5.99. The molecule has 5 rings (SSSR count). The number of rotatable bonds is 9. The summed E-state index contributed by atoms with van der Waals surface area (Å²) in [7, 11) is 0. The molecular formula is C28H25N3O5S2. The molecule has 1 aliphatic heterocycles. The Balaban J connectivity index is 1.50. The Hall–Kier alpha value is -3.89. The summed E-state index contributed by atoms with van der Waals surface area (Å²) in [5.41, 5.74) is 2.83. The molecule has 0 bridgehead atoms. The molecule has 2 aromatic carbocycles. The van der Waals surface area contributed by atoms with Gasteiger partial charge in [0.2, 0.25) is 10.9 Å². The number of thioether (sulfide) groups is 1. The van der Waals surface area contributed by atoms with Gasteiger partial charge in [0.25, 0.3) is 5.91 Å². The number of Topliss-reactive ketones (excluding diaryl/α,β-unsaturated/α-hetero) is 1. The van der Waals surface area contributed by atoms with E-state index >= 15 is 0 Å². The minimum atomic E-state index is -0.941. The first-order chi connectivity index (χ1) is 18.4. The summed E-state index contributed by atoms with van der Waals surface area (Å²) in [5.74, 6) is -0.0872. The first-order valence-corrected chi connectivity index (χ1v) is 13.8. The number of nitrogens with zero attached hydrogens (tertiary/aromatic N) is 3. The average molecular weight is 548 g/mol. The number of aliphatic hydroxyl groups excluding tert-OH is 1. The molecule has 8 nitrogen and oxygen atoms in total. The highest BCUT2D eigenvalue weighted by Gasteiger charge is 2.46. The van der Waals surface area contributed by atoms with Crippen LogP contribution in [-0.4, -0.2) is 33.6 Å². The first-order valence-electron chi connectivity index (χ1n) is 12.0. The van der Waals surface area contributed by atoms with Crippen molar-refractivity contribution >= 4 is 39.9 Å². The number of aromatic nitrogens is 2. The second kappa shape index (κ2) is 10.8. The number of benzene rings is 2. The van der Waals surface area contributed by atoms with Crippen LogP contribution in [0, 0.1) is 13.8 Å². The van der Waals surface area contributed by atoms with E-state index in [1.165, 1.54) is 39.6 Å². The number of hydrogen-bond acceptors (Lipinski definition) is 9. The van der Waals surface area contributed by atoms with Gasteiger partial charge in [-0.15, -0.1) is 10.2 Å². The number of anilines is 1. The van der Waals surface area contributed by atoms with Gasteiger partial charge in [0.1, 0.15) is 11.5 Å². The quantitative estimate of drug-likeness (QED) is 0.150. The largest absolute Gasteiger partial charge is 0.503 e. The maximum Gasteiger partial charge on any atom is 0.296 e. The van der Waals surface area contributed by atoms with Gasteiger partial charge >= 0.3 is 0 Å². The zero-order valence-electron chi connectivity index (χ0n) is 21.0. The van der Waals surface area contributed by atoms with Crippen LogP contribution in [0.4, 0.5) is 5.13 Å². The zero-order chi connectivity index (χ0) is 26.8. The number of amides is 1. The average Bonchev–Trinajstić information content (AvgIpc) is 3.62. The summed E-state index contributed by atoms with van der Waals surface area (Å²) in [6.45, 7) is 6.08. The van der Waals surface area contributed by atoms with Gasteiger partial charge in [0.05, 0.1) is 18.2 Å². The van der Waals surface area contributed by atoms with Gasteiger partial charge in [-0.1, -0.05) is 65.1 Å². The van der Waals surface area contributed by atoms with Crippen LogP contribution in [0.15, 0.2) is 80.8 Å². The lowest BCUT2D eigenvalue weighted by Gasteiger charge is -2.24. The molecule has 1 unspecified atom stereocenters. The van der Waals surface area contributed by atoms with Crippen molar-refractivity contribution in [2.24, 2.45) is 0 Å². The van der Waals surface area contributed by atoms with E-state index in [9.17, 15) is 14.7 Å². The molecule has 1 atom stereocenters. The highest BCUT2D eigenvalue weighted by molar-refractivity contribution is 8.00. The number of carbonyl (C=O) groups excluding carboxylic acids is 2. The van der Waals surface area contributed by atoms with Crippen molar-refractivity contribution < 1.29 is 23.8 Å². The van der Waals surface area contributed by atoms with Crippen LogP contribution in [0.5, 0.6) is 5.75 Å². The number of aryl methyl sites for hydroxylation is 2. The minimum absolute atomic E-state index is 0.0382. The minimum Gasteiger partial charge on any atom is -0.503 e. The maximum absolute atomic E-state index is 13.5. The van der Waals surface area contributed by atoms with E-state index in [4.69, 9.17) is 9.15 Å². The summed E-state index contributed by atoms with van der Waals surface area (Å²) in [5, 5.41) is 19.8. The zero-order valence-corrected chi connectivity index (χ0v) is 22.6. The number of aliphatic hydroxyl groups is 1. The van der Waals surface area contributed by atoms with E-state index in [0.29, 0.717) is 33.8 Å². The molecular weight excluding hydrogens is 522 g/mol. The topological polar surface area (TPSA) is 106 Å². The molecule has 194 valence electrons. The Morgan fingerprint density at radius 2 is 1.92 bits per heavy atom. The summed E-state index contributed by atoms with van der Waals surface area (Å²) in [4.78, 5) is 28.2. The third-order valence-corrected chi connectivity index (χ3v) is 8.11. The fraction of sp³-hybridized carbons (Fsp3) is 0.214. The van der Waals surface area contributed by atoms with Gasteiger partial charge in [-0.3, -0.25) is 14.5 Å². The lowest BCUT2D eigenvalue weighted by molar-refractivity contribution is -0.117. The van der Waals surface area contributed by atoms with Crippen molar-refractivity contribution in [1.82, 2.24) is 10.2 Å². The smallest absolute Gasteiger partial charge is 0.296 e. The highest BCUT2D eigenvalue weighted by atomic mass is 32.2. The summed E-state index contributed by atoms with van der Waals surface area (Å²) < 4.78 is 11.9. The SMILES string of the molecule is CCOc1cccc(C2C(C(=O)c3ccc(C)o3)=C(O)C(=O)N2c2nnc(SCc3ccc(C)cc3)s2)c1. The van der Waals surface area contributed by atoms with Crippen LogP contribution in [0.25, 0.3) is 0 Å². The molecule has 0 saturated heterocycles. The van der Waals surface area contributed by atoms with Crippen LogP contribution in [0.3, 0.4) is 0 Å². The van der Waals surface area contributed by atoms with Gasteiger partial charge in [-0.25, -0.2) is 0 Å². The van der Waals surface area contributed by atoms with Gasteiger partial charge in [-0.05, 0) is 56.2 Å². The molecule has 4 aromatic rings. The Bertz CT molecular complexity index is 1520. The van der Waals surface area contributed by atoms with Gasteiger partial charge in [0, 0.05) is 5.75 Å². The third kappa shape index (κ3) is 5.09. The maximum atomic E-state index is 13.5. The van der Waals surface area contributed by atoms with Crippen molar-refractivity contribution in [2.75, 3.05) is 11.5 Å². The lowest BCUT2D eigenvalue weighted by Crippen LogP contribution is -2.31. The number of furan rings is 1. The number of carbonyl (C=O) groups is 2. The van der Waals surface area contributed by atoms with Crippen molar-refractivity contribution in [3.63, 3.8) is 0 Å². The molecule has 1 amide bonds. The predicted octanol–water partition coefficient (Wildman–Crippen LogP) is 6.22. The monoisotopic (exact) mass is 547 g/mol. The first kappa shape index (κ1) is 25.7. The van der Waals surface area contributed by atoms with Crippen LogP contribution in [0.1, 0.15) is 46.0 Å². The standard InChI is InChI=1S/C28H25N3O5S2/c1-4-35-20-7-5-6-19(14-20)23-22(24(32)21-13-10-17(3)36-21)25(33)26(34)31(23)27-29-30-28(38-27)37-15-18-11-8-16(2)9-12-18/h5-14,23,33H,4,15H2,1-3H3. The van der Waals surface area contributed by atoms with Gasteiger partial charge in [-0.2, -0.15) is 0 Å². The molecule has 38 heavy (non-hydrogen) atoms. The summed E-state index contributed by atoms with van der Waals surface area (Å²) in [6.07, 6.45) is 0. The molecule has 0 spiro atoms. The molecule has 0 saturated carbocycles. The lowest BCUT2D eigenvalue weighted by atomic mass is 9.95. The molecule has 1 aliphatic rings. The Labute approximate surface area is 228 Å².